The number of carboxylic acids is 1. The van der Waals surface area contributed by atoms with Crippen molar-refractivity contribution in [3.8, 4) is 5.69 Å². The minimum atomic E-state index is -4.94. The molecule has 2 N–H and O–H groups in total. The van der Waals surface area contributed by atoms with Crippen LogP contribution in [-0.2, 0) is 6.18 Å². The highest BCUT2D eigenvalue weighted by Gasteiger charge is 2.41. The average Bonchev–Trinajstić information content (AvgIpc) is 3.14. The molecule has 1 aliphatic rings. The van der Waals surface area contributed by atoms with Gasteiger partial charge in [-0.3, -0.25) is 4.79 Å². The second kappa shape index (κ2) is 5.31. The molecule has 0 atom stereocenters. The number of nitrogens with one attached hydrogen (secondary N) is 1. The van der Waals surface area contributed by atoms with E-state index in [0.717, 1.165) is 0 Å². The van der Waals surface area contributed by atoms with Gasteiger partial charge in [-0.1, -0.05) is 12.1 Å². The van der Waals surface area contributed by atoms with Crippen molar-refractivity contribution in [2.75, 3.05) is 5.32 Å². The Kier molecular flexibility index (Phi) is 3.38. The number of alkyl halides is 3. The van der Waals surface area contributed by atoms with E-state index in [0.29, 0.717) is 37.4 Å². The number of carbonyl (C=O) groups is 2. The summed E-state index contributed by atoms with van der Waals surface area (Å²) in [5.41, 5.74) is -1.57. The highest BCUT2D eigenvalue weighted by atomic mass is 79.9. The molecule has 0 saturated heterocycles. The van der Waals surface area contributed by atoms with Crippen molar-refractivity contribution in [2.45, 2.75) is 6.18 Å². The lowest BCUT2D eigenvalue weighted by Gasteiger charge is -2.15. The maximum Gasteiger partial charge on any atom is 0.434 e. The molecule has 6 nitrogen and oxygen atoms in total. The summed E-state index contributed by atoms with van der Waals surface area (Å²) in [4.78, 5) is 23.2. The van der Waals surface area contributed by atoms with Crippen LogP contribution in [0.25, 0.3) is 16.5 Å². The number of carboxylic acid groups (broad SMARTS) is 1. The first-order valence-electron chi connectivity index (χ1n) is 7.15. The summed E-state index contributed by atoms with van der Waals surface area (Å²) in [6, 6.07) is 6.01. The molecule has 1 aromatic heterocycles. The van der Waals surface area contributed by atoms with Crippen LogP contribution in [-0.4, -0.2) is 26.8 Å². The molecule has 0 spiro atoms. The Hall–Kier alpha value is -2.88. The van der Waals surface area contributed by atoms with Crippen molar-refractivity contribution in [3.63, 3.8) is 0 Å². The van der Waals surface area contributed by atoms with Crippen LogP contribution in [0.5, 0.6) is 0 Å². The number of aromatic carboxylic acids is 1. The number of amides is 1. The standard InChI is InChI=1S/C16H7BrF3N3O3/c17-9-4-10(6-2-1-3-7-11(6)12(9)22-14(7)24)23-13(16(18,19)20)8(5-21-23)15(25)26/h1-5H,(H,22,24)(H,25,26). The topological polar surface area (TPSA) is 84.2 Å². The Balaban J connectivity index is 2.12. The Labute approximate surface area is 151 Å². The van der Waals surface area contributed by atoms with Gasteiger partial charge in [0.2, 0.25) is 0 Å². The van der Waals surface area contributed by atoms with Crippen LogP contribution in [0, 0.1) is 0 Å². The Morgan fingerprint density at radius 2 is 2.04 bits per heavy atom. The van der Waals surface area contributed by atoms with Crippen molar-refractivity contribution in [3.05, 3.63) is 51.8 Å². The van der Waals surface area contributed by atoms with Crippen LogP contribution in [0.4, 0.5) is 18.9 Å². The third-order valence-corrected chi connectivity index (χ3v) is 4.70. The fourth-order valence-electron chi connectivity index (χ4n) is 3.05. The van der Waals surface area contributed by atoms with Crippen LogP contribution in [0.2, 0.25) is 0 Å². The lowest BCUT2D eigenvalue weighted by molar-refractivity contribution is -0.143. The van der Waals surface area contributed by atoms with Crippen molar-refractivity contribution >= 4 is 44.3 Å². The average molecular weight is 426 g/mol. The van der Waals surface area contributed by atoms with Gasteiger partial charge in [0.05, 0.1) is 17.6 Å². The minimum absolute atomic E-state index is 0.00815. The zero-order valence-corrected chi connectivity index (χ0v) is 14.1. The van der Waals surface area contributed by atoms with E-state index >= 15 is 0 Å². The SMILES string of the molecule is O=C(O)c1cnn(-c2cc(Br)c3c4c(cccc24)C(=O)N3)c1C(F)(F)F. The van der Waals surface area contributed by atoms with Gasteiger partial charge in [-0.05, 0) is 28.1 Å². The molecule has 0 bridgehead atoms. The first kappa shape index (κ1) is 16.6. The number of anilines is 1. The van der Waals surface area contributed by atoms with Gasteiger partial charge in [-0.25, -0.2) is 9.48 Å². The van der Waals surface area contributed by atoms with E-state index in [2.05, 4.69) is 26.3 Å². The van der Waals surface area contributed by atoms with Crippen LogP contribution in [0.1, 0.15) is 26.4 Å². The number of benzene rings is 2. The lowest BCUT2D eigenvalue weighted by atomic mass is 10.0. The highest BCUT2D eigenvalue weighted by Crippen LogP contribution is 2.43. The van der Waals surface area contributed by atoms with Crippen LogP contribution >= 0.6 is 15.9 Å². The summed E-state index contributed by atoms with van der Waals surface area (Å²) in [5, 5.41) is 16.2. The molecule has 132 valence electrons. The predicted molar refractivity (Wildman–Crippen MR) is 88.7 cm³/mol. The molecule has 10 heteroatoms. The van der Waals surface area contributed by atoms with Gasteiger partial charge in [-0.15, -0.1) is 0 Å². The first-order chi connectivity index (χ1) is 12.2. The minimum Gasteiger partial charge on any atom is -0.478 e. The van der Waals surface area contributed by atoms with Crippen molar-refractivity contribution < 1.29 is 27.9 Å². The molecule has 0 radical (unpaired) electrons. The van der Waals surface area contributed by atoms with Crippen LogP contribution in [0.3, 0.4) is 0 Å². The molecule has 3 aromatic rings. The van der Waals surface area contributed by atoms with E-state index in [1.54, 1.807) is 18.2 Å². The van der Waals surface area contributed by atoms with Gasteiger partial charge >= 0.3 is 12.1 Å². The van der Waals surface area contributed by atoms with Gasteiger partial charge in [-0.2, -0.15) is 18.3 Å². The number of aromatic nitrogens is 2. The smallest absolute Gasteiger partial charge is 0.434 e. The quantitative estimate of drug-likeness (QED) is 0.647. The number of hydrogen-bond acceptors (Lipinski definition) is 3. The monoisotopic (exact) mass is 425 g/mol. The maximum absolute atomic E-state index is 13.5. The Morgan fingerprint density at radius 1 is 1.31 bits per heavy atom. The van der Waals surface area contributed by atoms with E-state index in [-0.39, 0.29) is 11.6 Å². The molecule has 0 unspecified atom stereocenters. The van der Waals surface area contributed by atoms with Crippen molar-refractivity contribution in [1.29, 1.82) is 0 Å². The number of hydrogen-bond donors (Lipinski definition) is 2. The fourth-order valence-corrected chi connectivity index (χ4v) is 3.57. The van der Waals surface area contributed by atoms with Crippen LogP contribution in [0.15, 0.2) is 34.9 Å². The van der Waals surface area contributed by atoms with E-state index in [4.69, 9.17) is 5.11 Å². The van der Waals surface area contributed by atoms with Gasteiger partial charge < -0.3 is 10.4 Å². The molecule has 0 aliphatic carbocycles. The fraction of sp³-hybridized carbons (Fsp3) is 0.0625. The van der Waals surface area contributed by atoms with Gasteiger partial charge in [0.25, 0.3) is 5.91 Å². The molecule has 0 fully saturated rings. The van der Waals surface area contributed by atoms with E-state index < -0.39 is 23.4 Å². The first-order valence-corrected chi connectivity index (χ1v) is 7.95. The zero-order valence-electron chi connectivity index (χ0n) is 12.6. The number of halogens is 4. The third kappa shape index (κ3) is 2.22. The summed E-state index contributed by atoms with van der Waals surface area (Å²) in [7, 11) is 0. The van der Waals surface area contributed by atoms with Crippen molar-refractivity contribution in [2.24, 2.45) is 0 Å². The van der Waals surface area contributed by atoms with Crippen LogP contribution < -0.4 is 5.32 Å². The highest BCUT2D eigenvalue weighted by molar-refractivity contribution is 9.10. The summed E-state index contributed by atoms with van der Waals surface area (Å²) in [5.74, 6) is -2.10. The lowest BCUT2D eigenvalue weighted by Crippen LogP contribution is -2.17. The summed E-state index contributed by atoms with van der Waals surface area (Å²) in [6.45, 7) is 0. The molecule has 26 heavy (non-hydrogen) atoms. The van der Waals surface area contributed by atoms with E-state index in [9.17, 15) is 22.8 Å². The van der Waals surface area contributed by atoms with E-state index in [1.807, 2.05) is 0 Å². The van der Waals surface area contributed by atoms with Crippen molar-refractivity contribution in [1.82, 2.24) is 9.78 Å². The second-order valence-electron chi connectivity index (χ2n) is 5.56. The Bertz CT molecular complexity index is 1120. The molecule has 2 aromatic carbocycles. The zero-order chi connectivity index (χ0) is 18.8. The molecular formula is C16H7BrF3N3O3. The van der Waals surface area contributed by atoms with Gasteiger partial charge in [0, 0.05) is 20.8 Å². The number of rotatable bonds is 2. The molecular weight excluding hydrogens is 419 g/mol. The Morgan fingerprint density at radius 3 is 2.69 bits per heavy atom. The summed E-state index contributed by atoms with van der Waals surface area (Å²) < 4.78 is 41.5. The van der Waals surface area contributed by atoms with Gasteiger partial charge in [0.1, 0.15) is 5.56 Å². The second-order valence-corrected chi connectivity index (χ2v) is 6.41. The maximum atomic E-state index is 13.5. The predicted octanol–water partition coefficient (Wildman–Crippen LogP) is 4.07. The number of nitrogens with zero attached hydrogens (tertiary/aromatic N) is 2. The van der Waals surface area contributed by atoms with Gasteiger partial charge in [0.15, 0.2) is 5.69 Å². The largest absolute Gasteiger partial charge is 0.478 e. The third-order valence-electron chi connectivity index (χ3n) is 4.07. The molecule has 2 heterocycles. The summed E-state index contributed by atoms with van der Waals surface area (Å²) >= 11 is 3.24. The normalized spacial score (nSPS) is 13.3. The molecule has 0 saturated carbocycles. The number of carbonyl (C=O) groups excluding carboxylic acids is 1. The molecule has 1 aliphatic heterocycles. The molecule has 4 rings (SSSR count). The summed E-state index contributed by atoms with van der Waals surface area (Å²) in [6.07, 6.45) is -4.28. The molecule has 1 amide bonds. The van der Waals surface area contributed by atoms with E-state index in [1.165, 1.54) is 6.07 Å².